The maximum absolute atomic E-state index is 12.5. The first-order valence-electron chi connectivity index (χ1n) is 10.3. The quantitative estimate of drug-likeness (QED) is 0.174. The highest BCUT2D eigenvalue weighted by molar-refractivity contribution is 6.37. The molecular formula is C27H18Cl2N2O3. The first kappa shape index (κ1) is 23.2. The number of phenols is 1. The van der Waals surface area contributed by atoms with Gasteiger partial charge in [-0.05, 0) is 64.4 Å². The molecule has 0 bridgehead atoms. The summed E-state index contributed by atoms with van der Waals surface area (Å²) >= 11 is 12.8. The molecule has 0 atom stereocenters. The SMILES string of the molecule is N#C/C(=C\c1cc(Cl)c(OCc2cccc3ccccc23)c(Cl)c1)C(=O)Nc1ccc(O)cc1. The lowest BCUT2D eigenvalue weighted by molar-refractivity contribution is -0.112. The molecule has 0 aromatic heterocycles. The molecule has 0 saturated heterocycles. The number of halogens is 2. The van der Waals surface area contributed by atoms with E-state index in [0.717, 1.165) is 16.3 Å². The zero-order chi connectivity index (χ0) is 24.1. The van der Waals surface area contributed by atoms with Crippen molar-refractivity contribution < 1.29 is 14.6 Å². The minimum Gasteiger partial charge on any atom is -0.508 e. The van der Waals surface area contributed by atoms with E-state index in [9.17, 15) is 15.2 Å². The second-order valence-corrected chi connectivity index (χ2v) is 8.23. The van der Waals surface area contributed by atoms with Gasteiger partial charge in [0.25, 0.3) is 5.91 Å². The maximum Gasteiger partial charge on any atom is 0.266 e. The normalized spacial score (nSPS) is 11.1. The van der Waals surface area contributed by atoms with E-state index in [1.165, 1.54) is 30.3 Å². The number of benzene rings is 4. The number of fused-ring (bicyclic) bond motifs is 1. The molecule has 0 spiro atoms. The summed E-state index contributed by atoms with van der Waals surface area (Å²) in [6, 6.07) is 24.9. The van der Waals surface area contributed by atoms with Crippen LogP contribution in [-0.2, 0) is 11.4 Å². The Bertz CT molecular complexity index is 1410. The van der Waals surface area contributed by atoms with Crippen molar-refractivity contribution >= 4 is 51.6 Å². The molecule has 1 amide bonds. The summed E-state index contributed by atoms with van der Waals surface area (Å²) < 4.78 is 5.93. The summed E-state index contributed by atoms with van der Waals surface area (Å²) in [7, 11) is 0. The lowest BCUT2D eigenvalue weighted by Crippen LogP contribution is -2.13. The minimum atomic E-state index is -0.600. The number of nitriles is 1. The van der Waals surface area contributed by atoms with E-state index in [0.29, 0.717) is 17.0 Å². The highest BCUT2D eigenvalue weighted by Gasteiger charge is 2.14. The molecule has 0 unspecified atom stereocenters. The molecule has 0 radical (unpaired) electrons. The Hall–Kier alpha value is -3.98. The average Bonchev–Trinajstić information content (AvgIpc) is 2.83. The van der Waals surface area contributed by atoms with Gasteiger partial charge in [0.05, 0.1) is 10.0 Å². The molecule has 0 aliphatic carbocycles. The highest BCUT2D eigenvalue weighted by Crippen LogP contribution is 2.36. The number of nitrogens with one attached hydrogen (secondary N) is 1. The van der Waals surface area contributed by atoms with E-state index in [-0.39, 0.29) is 28.0 Å². The van der Waals surface area contributed by atoms with Crippen LogP contribution in [0.5, 0.6) is 11.5 Å². The van der Waals surface area contributed by atoms with Crippen LogP contribution in [0.3, 0.4) is 0 Å². The Morgan fingerprint density at radius 2 is 1.68 bits per heavy atom. The number of phenolic OH excluding ortho intramolecular Hbond substituents is 1. The summed E-state index contributed by atoms with van der Waals surface area (Å²) in [5, 5.41) is 24.1. The second kappa shape index (κ2) is 10.3. The van der Waals surface area contributed by atoms with Gasteiger partial charge >= 0.3 is 0 Å². The summed E-state index contributed by atoms with van der Waals surface area (Å²) in [5.74, 6) is -0.210. The number of nitrogens with zero attached hydrogens (tertiary/aromatic N) is 1. The van der Waals surface area contributed by atoms with E-state index < -0.39 is 5.91 Å². The van der Waals surface area contributed by atoms with Crippen LogP contribution in [-0.4, -0.2) is 11.0 Å². The van der Waals surface area contributed by atoms with Crippen LogP contribution >= 0.6 is 23.2 Å². The molecule has 168 valence electrons. The molecule has 4 aromatic rings. The van der Waals surface area contributed by atoms with Crippen molar-refractivity contribution in [1.29, 1.82) is 5.26 Å². The number of rotatable bonds is 6. The van der Waals surface area contributed by atoms with Crippen molar-refractivity contribution in [2.45, 2.75) is 6.61 Å². The predicted octanol–water partition coefficient (Wildman–Crippen LogP) is 6.98. The zero-order valence-corrected chi connectivity index (χ0v) is 19.3. The van der Waals surface area contributed by atoms with Crippen molar-refractivity contribution in [3.05, 3.63) is 106 Å². The third-order valence-electron chi connectivity index (χ3n) is 5.07. The molecular weight excluding hydrogens is 471 g/mol. The highest BCUT2D eigenvalue weighted by atomic mass is 35.5. The smallest absolute Gasteiger partial charge is 0.266 e. The van der Waals surface area contributed by atoms with Crippen LogP contribution < -0.4 is 10.1 Å². The van der Waals surface area contributed by atoms with E-state index in [2.05, 4.69) is 5.32 Å². The number of aromatic hydroxyl groups is 1. The van der Waals surface area contributed by atoms with Crippen LogP contribution in [0.1, 0.15) is 11.1 Å². The van der Waals surface area contributed by atoms with Crippen molar-refractivity contribution in [1.82, 2.24) is 0 Å². The topological polar surface area (TPSA) is 82.3 Å². The number of anilines is 1. The summed E-state index contributed by atoms with van der Waals surface area (Å²) in [5.41, 5.74) is 1.78. The zero-order valence-electron chi connectivity index (χ0n) is 17.8. The van der Waals surface area contributed by atoms with Crippen LogP contribution in [0.15, 0.2) is 84.4 Å². The largest absolute Gasteiger partial charge is 0.508 e. The van der Waals surface area contributed by atoms with Gasteiger partial charge in [-0.15, -0.1) is 0 Å². The van der Waals surface area contributed by atoms with Crippen molar-refractivity contribution in [3.8, 4) is 17.6 Å². The molecule has 0 aliphatic heterocycles. The molecule has 4 aromatic carbocycles. The number of amides is 1. The first-order chi connectivity index (χ1) is 16.4. The maximum atomic E-state index is 12.5. The molecule has 2 N–H and O–H groups in total. The summed E-state index contributed by atoms with van der Waals surface area (Å²) in [6.45, 7) is 0.272. The van der Waals surface area contributed by atoms with Gasteiger partial charge in [-0.2, -0.15) is 5.26 Å². The Morgan fingerprint density at radius 1 is 1.00 bits per heavy atom. The van der Waals surface area contributed by atoms with Gasteiger partial charge in [0.15, 0.2) is 5.75 Å². The van der Waals surface area contributed by atoms with Crippen LogP contribution in [0.25, 0.3) is 16.8 Å². The number of carbonyl (C=O) groups is 1. The van der Waals surface area contributed by atoms with Crippen molar-refractivity contribution in [3.63, 3.8) is 0 Å². The van der Waals surface area contributed by atoms with E-state index in [1.807, 2.05) is 48.5 Å². The Kier molecular flexibility index (Phi) is 7.03. The van der Waals surface area contributed by atoms with Crippen LogP contribution in [0.4, 0.5) is 5.69 Å². The molecule has 0 aliphatic rings. The molecule has 34 heavy (non-hydrogen) atoms. The van der Waals surface area contributed by atoms with Gasteiger partial charge in [0, 0.05) is 5.69 Å². The second-order valence-electron chi connectivity index (χ2n) is 7.41. The van der Waals surface area contributed by atoms with Crippen LogP contribution in [0, 0.1) is 11.3 Å². The fraction of sp³-hybridized carbons (Fsp3) is 0.0370. The van der Waals surface area contributed by atoms with Gasteiger partial charge in [-0.1, -0.05) is 65.7 Å². The van der Waals surface area contributed by atoms with Gasteiger partial charge in [-0.3, -0.25) is 4.79 Å². The Morgan fingerprint density at radius 3 is 2.38 bits per heavy atom. The predicted molar refractivity (Wildman–Crippen MR) is 135 cm³/mol. The fourth-order valence-electron chi connectivity index (χ4n) is 3.43. The monoisotopic (exact) mass is 488 g/mol. The molecule has 4 rings (SSSR count). The van der Waals surface area contributed by atoms with Crippen LogP contribution in [0.2, 0.25) is 10.0 Å². The number of ether oxygens (including phenoxy) is 1. The fourth-order valence-corrected chi connectivity index (χ4v) is 4.04. The lowest BCUT2D eigenvalue weighted by Gasteiger charge is -2.13. The standard InChI is InChI=1S/C27H18Cl2N2O3/c28-24-13-17(12-20(15-30)27(33)31-21-8-10-22(32)11-9-21)14-25(29)26(24)34-16-19-6-3-5-18-4-1-2-7-23(18)19/h1-14,32H,16H2,(H,31,33)/b20-12+. The molecule has 5 nitrogen and oxygen atoms in total. The number of carbonyl (C=O) groups excluding carboxylic acids is 1. The summed E-state index contributed by atoms with van der Waals surface area (Å²) in [6.07, 6.45) is 1.39. The van der Waals surface area contributed by atoms with E-state index in [1.54, 1.807) is 12.1 Å². The number of hydrogen-bond acceptors (Lipinski definition) is 4. The van der Waals surface area contributed by atoms with Crippen molar-refractivity contribution in [2.24, 2.45) is 0 Å². The van der Waals surface area contributed by atoms with Gasteiger partial charge in [0.2, 0.25) is 0 Å². The first-order valence-corrected chi connectivity index (χ1v) is 11.0. The number of hydrogen-bond donors (Lipinski definition) is 2. The molecule has 0 saturated carbocycles. The third-order valence-corrected chi connectivity index (χ3v) is 5.64. The van der Waals surface area contributed by atoms with E-state index >= 15 is 0 Å². The average molecular weight is 489 g/mol. The van der Waals surface area contributed by atoms with Crippen molar-refractivity contribution in [2.75, 3.05) is 5.32 Å². The van der Waals surface area contributed by atoms with Gasteiger partial charge in [-0.25, -0.2) is 0 Å². The Labute approximate surface area is 206 Å². The third kappa shape index (κ3) is 5.32. The molecule has 7 heteroatoms. The molecule has 0 fully saturated rings. The lowest BCUT2D eigenvalue weighted by atomic mass is 10.1. The molecule has 0 heterocycles. The Balaban J connectivity index is 1.53. The minimum absolute atomic E-state index is 0.0705. The van der Waals surface area contributed by atoms with Gasteiger partial charge in [0.1, 0.15) is 24.0 Å². The van der Waals surface area contributed by atoms with E-state index in [4.69, 9.17) is 27.9 Å². The van der Waals surface area contributed by atoms with Gasteiger partial charge < -0.3 is 15.2 Å². The summed E-state index contributed by atoms with van der Waals surface area (Å²) in [4.78, 5) is 12.5.